The van der Waals surface area contributed by atoms with Crippen LogP contribution < -0.4 is 5.32 Å². The average molecular weight is 277 g/mol. The topological polar surface area (TPSA) is 92.7 Å². The van der Waals surface area contributed by atoms with Crippen molar-refractivity contribution in [2.24, 2.45) is 0 Å². The van der Waals surface area contributed by atoms with Gasteiger partial charge in [-0.3, -0.25) is 4.79 Å². The summed E-state index contributed by atoms with van der Waals surface area (Å²) in [4.78, 5) is 34.2. The molecule has 0 fully saturated rings. The number of benzene rings is 1. The zero-order chi connectivity index (χ0) is 15.0. The van der Waals surface area contributed by atoms with Crippen LogP contribution in [0, 0.1) is 0 Å². The van der Waals surface area contributed by atoms with Crippen molar-refractivity contribution >= 4 is 17.8 Å². The number of hydrogen-bond donors (Lipinski definition) is 2. The van der Waals surface area contributed by atoms with Gasteiger partial charge in [-0.2, -0.15) is 0 Å². The smallest absolute Gasteiger partial charge is 0.408 e. The maximum atomic E-state index is 11.9. The first kappa shape index (κ1) is 15.4. The van der Waals surface area contributed by atoms with Crippen LogP contribution in [-0.2, 0) is 9.53 Å². The molecule has 106 valence electrons. The molecule has 0 bridgehead atoms. The zero-order valence-corrected chi connectivity index (χ0v) is 10.7. The van der Waals surface area contributed by atoms with E-state index in [0.717, 1.165) is 0 Å². The molecule has 0 aromatic heterocycles. The van der Waals surface area contributed by atoms with Crippen LogP contribution in [0.5, 0.6) is 0 Å². The second kappa shape index (κ2) is 7.73. The number of carboxylic acid groups (broad SMARTS) is 1. The molecule has 0 unspecified atom stereocenters. The molecule has 0 aliphatic rings. The van der Waals surface area contributed by atoms with Crippen molar-refractivity contribution in [3.63, 3.8) is 0 Å². The molecule has 20 heavy (non-hydrogen) atoms. The minimum Gasteiger partial charge on any atom is -0.480 e. The van der Waals surface area contributed by atoms with Crippen LogP contribution in [0.4, 0.5) is 4.79 Å². The van der Waals surface area contributed by atoms with Gasteiger partial charge in [-0.15, -0.1) is 0 Å². The lowest BCUT2D eigenvalue weighted by atomic mass is 10.0. The predicted molar refractivity (Wildman–Crippen MR) is 71.5 cm³/mol. The average Bonchev–Trinajstić information content (AvgIpc) is 2.45. The van der Waals surface area contributed by atoms with Gasteiger partial charge < -0.3 is 15.2 Å². The largest absolute Gasteiger partial charge is 0.480 e. The Kier molecular flexibility index (Phi) is 5.96. The molecule has 1 aromatic carbocycles. The highest BCUT2D eigenvalue weighted by molar-refractivity contribution is 5.99. The van der Waals surface area contributed by atoms with E-state index in [1.165, 1.54) is 6.08 Å². The predicted octanol–water partition coefficient (Wildman–Crippen LogP) is 1.62. The summed E-state index contributed by atoms with van der Waals surface area (Å²) in [7, 11) is 0. The van der Waals surface area contributed by atoms with Crippen LogP contribution in [0.25, 0.3) is 0 Å². The first-order chi connectivity index (χ1) is 9.54. The van der Waals surface area contributed by atoms with Crippen molar-refractivity contribution in [3.05, 3.63) is 48.6 Å². The van der Waals surface area contributed by atoms with Crippen molar-refractivity contribution in [1.82, 2.24) is 5.32 Å². The lowest BCUT2D eigenvalue weighted by molar-refractivity contribution is -0.139. The second-order valence-corrected chi connectivity index (χ2v) is 3.92. The van der Waals surface area contributed by atoms with Crippen LogP contribution in [-0.4, -0.2) is 35.6 Å². The molecule has 6 nitrogen and oxygen atoms in total. The summed E-state index contributed by atoms with van der Waals surface area (Å²) in [5, 5.41) is 11.1. The summed E-state index contributed by atoms with van der Waals surface area (Å²) >= 11 is 0. The highest BCUT2D eigenvalue weighted by Crippen LogP contribution is 2.06. The minimum absolute atomic E-state index is 0.0369. The van der Waals surface area contributed by atoms with E-state index in [4.69, 9.17) is 5.11 Å². The number of Topliss-reactive ketones (excluding diaryl/α,β-unsaturated/α-hetero) is 1. The number of carbonyl (C=O) groups is 3. The number of ketones is 1. The van der Waals surface area contributed by atoms with Gasteiger partial charge in [0.05, 0.1) is 0 Å². The molecule has 1 atom stereocenters. The number of aliphatic carboxylic acids is 1. The summed E-state index contributed by atoms with van der Waals surface area (Å²) in [5.74, 6) is -1.67. The van der Waals surface area contributed by atoms with E-state index in [-0.39, 0.29) is 18.8 Å². The summed E-state index contributed by atoms with van der Waals surface area (Å²) < 4.78 is 4.62. The van der Waals surface area contributed by atoms with E-state index in [0.29, 0.717) is 5.56 Å². The van der Waals surface area contributed by atoms with E-state index in [1.807, 2.05) is 0 Å². The maximum Gasteiger partial charge on any atom is 0.408 e. The van der Waals surface area contributed by atoms with Crippen molar-refractivity contribution < 1.29 is 24.2 Å². The maximum absolute atomic E-state index is 11.9. The van der Waals surface area contributed by atoms with E-state index >= 15 is 0 Å². The van der Waals surface area contributed by atoms with E-state index in [2.05, 4.69) is 16.6 Å². The standard InChI is InChI=1S/C14H15NO5/c1-2-8-20-14(19)15-11(13(17)18)9-12(16)10-6-4-3-5-7-10/h2-7,11H,1,8-9H2,(H,15,19)(H,17,18)/t11-/m0/s1. The molecular weight excluding hydrogens is 262 g/mol. The van der Waals surface area contributed by atoms with Gasteiger partial charge in [-0.25, -0.2) is 9.59 Å². The van der Waals surface area contributed by atoms with E-state index in [9.17, 15) is 14.4 Å². The fraction of sp³-hybridized carbons (Fsp3) is 0.214. The van der Waals surface area contributed by atoms with Crippen LogP contribution in [0.1, 0.15) is 16.8 Å². The number of carbonyl (C=O) groups excluding carboxylic acids is 2. The van der Waals surface area contributed by atoms with Gasteiger partial charge in [0.15, 0.2) is 5.78 Å². The van der Waals surface area contributed by atoms with Crippen molar-refractivity contribution in [2.75, 3.05) is 6.61 Å². The first-order valence-electron chi connectivity index (χ1n) is 5.90. The van der Waals surface area contributed by atoms with Crippen molar-refractivity contribution in [2.45, 2.75) is 12.5 Å². The fourth-order valence-corrected chi connectivity index (χ4v) is 1.45. The quantitative estimate of drug-likeness (QED) is 0.583. The number of amides is 1. The third-order valence-corrected chi connectivity index (χ3v) is 2.41. The van der Waals surface area contributed by atoms with Crippen LogP contribution in [0.3, 0.4) is 0 Å². The molecule has 0 saturated heterocycles. The molecule has 0 aliphatic heterocycles. The lowest BCUT2D eigenvalue weighted by Gasteiger charge is -2.13. The Balaban J connectivity index is 2.63. The molecule has 1 aromatic rings. The van der Waals surface area contributed by atoms with Gasteiger partial charge in [0.2, 0.25) is 0 Å². The van der Waals surface area contributed by atoms with Gasteiger partial charge in [-0.05, 0) is 0 Å². The molecule has 0 aliphatic carbocycles. The number of carboxylic acids is 1. The summed E-state index contributed by atoms with van der Waals surface area (Å²) in [5.41, 5.74) is 0.389. The molecule has 0 heterocycles. The van der Waals surface area contributed by atoms with E-state index in [1.54, 1.807) is 30.3 Å². The number of nitrogens with one attached hydrogen (secondary N) is 1. The Hall–Kier alpha value is -2.63. The molecule has 0 spiro atoms. The molecular formula is C14H15NO5. The minimum atomic E-state index is -1.33. The van der Waals surface area contributed by atoms with Gasteiger partial charge in [-0.1, -0.05) is 43.0 Å². The Morgan fingerprint density at radius 2 is 1.95 bits per heavy atom. The molecule has 6 heteroatoms. The molecule has 0 saturated carbocycles. The SMILES string of the molecule is C=CCOC(=O)N[C@@H](CC(=O)c1ccccc1)C(=O)O. The van der Waals surface area contributed by atoms with Gasteiger partial charge in [0.25, 0.3) is 0 Å². The molecule has 2 N–H and O–H groups in total. The molecule has 1 amide bonds. The van der Waals surface area contributed by atoms with Crippen LogP contribution in [0.15, 0.2) is 43.0 Å². The summed E-state index contributed by atoms with van der Waals surface area (Å²) in [6.45, 7) is 3.32. The number of rotatable bonds is 7. The Labute approximate surface area is 116 Å². The third kappa shape index (κ3) is 4.93. The van der Waals surface area contributed by atoms with Crippen molar-refractivity contribution in [3.8, 4) is 0 Å². The Morgan fingerprint density at radius 3 is 2.50 bits per heavy atom. The van der Waals surface area contributed by atoms with Gasteiger partial charge in [0, 0.05) is 12.0 Å². The lowest BCUT2D eigenvalue weighted by Crippen LogP contribution is -2.42. The highest BCUT2D eigenvalue weighted by atomic mass is 16.5. The molecule has 0 radical (unpaired) electrons. The Morgan fingerprint density at radius 1 is 1.30 bits per heavy atom. The number of hydrogen-bond acceptors (Lipinski definition) is 4. The Bertz CT molecular complexity index is 498. The first-order valence-corrected chi connectivity index (χ1v) is 5.90. The van der Waals surface area contributed by atoms with Crippen LogP contribution >= 0.6 is 0 Å². The van der Waals surface area contributed by atoms with E-state index < -0.39 is 18.1 Å². The summed E-state index contributed by atoms with van der Waals surface area (Å²) in [6.07, 6.45) is 0.102. The number of ether oxygens (including phenoxy) is 1. The highest BCUT2D eigenvalue weighted by Gasteiger charge is 2.24. The zero-order valence-electron chi connectivity index (χ0n) is 10.7. The monoisotopic (exact) mass is 277 g/mol. The molecule has 1 rings (SSSR count). The second-order valence-electron chi connectivity index (χ2n) is 3.92. The fourth-order valence-electron chi connectivity index (χ4n) is 1.45. The van der Waals surface area contributed by atoms with Crippen molar-refractivity contribution in [1.29, 1.82) is 0 Å². The summed E-state index contributed by atoms with van der Waals surface area (Å²) in [6, 6.07) is 6.93. The third-order valence-electron chi connectivity index (χ3n) is 2.41. The normalized spacial score (nSPS) is 11.2. The van der Waals surface area contributed by atoms with Gasteiger partial charge >= 0.3 is 12.1 Å². The van der Waals surface area contributed by atoms with Crippen LogP contribution in [0.2, 0.25) is 0 Å². The van der Waals surface area contributed by atoms with Gasteiger partial charge in [0.1, 0.15) is 12.6 Å². The number of alkyl carbamates (subject to hydrolysis) is 1.